The minimum absolute atomic E-state index is 0.286. The van der Waals surface area contributed by atoms with E-state index in [1.165, 1.54) is 21.3 Å². The van der Waals surface area contributed by atoms with Gasteiger partial charge in [0.25, 0.3) is 5.91 Å². The Morgan fingerprint density at radius 1 is 1.22 bits per heavy atom. The van der Waals surface area contributed by atoms with E-state index in [4.69, 9.17) is 14.2 Å². The van der Waals surface area contributed by atoms with Crippen LogP contribution in [0.25, 0.3) is 0 Å². The van der Waals surface area contributed by atoms with Crippen LogP contribution in [0.4, 0.5) is 0 Å². The number of benzene rings is 1. The van der Waals surface area contributed by atoms with Crippen molar-refractivity contribution in [3.8, 4) is 17.2 Å². The molecule has 1 aromatic carbocycles. The van der Waals surface area contributed by atoms with Gasteiger partial charge in [0.05, 0.1) is 21.3 Å². The molecular weight excluding hydrogens is 234 g/mol. The van der Waals surface area contributed by atoms with Crippen molar-refractivity contribution in [3.63, 3.8) is 0 Å². The van der Waals surface area contributed by atoms with E-state index in [-0.39, 0.29) is 5.91 Å². The Labute approximate surface area is 106 Å². The summed E-state index contributed by atoms with van der Waals surface area (Å²) >= 11 is 0. The van der Waals surface area contributed by atoms with Crippen LogP contribution in [0.15, 0.2) is 24.8 Å². The van der Waals surface area contributed by atoms with Gasteiger partial charge in [-0.15, -0.1) is 6.58 Å². The van der Waals surface area contributed by atoms with Crippen LogP contribution >= 0.6 is 0 Å². The lowest BCUT2D eigenvalue weighted by atomic mass is 10.1. The van der Waals surface area contributed by atoms with Crippen LogP contribution in [-0.4, -0.2) is 33.8 Å². The van der Waals surface area contributed by atoms with Crippen LogP contribution in [0.1, 0.15) is 10.4 Å². The molecule has 0 aliphatic rings. The smallest absolute Gasteiger partial charge is 0.259 e. The van der Waals surface area contributed by atoms with Gasteiger partial charge in [-0.1, -0.05) is 6.08 Å². The maximum Gasteiger partial charge on any atom is 0.259 e. The van der Waals surface area contributed by atoms with Gasteiger partial charge >= 0.3 is 0 Å². The maximum atomic E-state index is 12.0. The van der Waals surface area contributed by atoms with Gasteiger partial charge in [-0.25, -0.2) is 0 Å². The Morgan fingerprint density at radius 3 is 2.17 bits per heavy atom. The number of ether oxygens (including phenoxy) is 3. The highest BCUT2D eigenvalue weighted by molar-refractivity contribution is 6.00. The van der Waals surface area contributed by atoms with Crippen molar-refractivity contribution < 1.29 is 19.0 Å². The largest absolute Gasteiger partial charge is 0.496 e. The van der Waals surface area contributed by atoms with Crippen molar-refractivity contribution in [1.29, 1.82) is 0 Å². The Morgan fingerprint density at radius 2 is 1.78 bits per heavy atom. The van der Waals surface area contributed by atoms with Crippen molar-refractivity contribution >= 4 is 5.91 Å². The molecule has 0 aromatic heterocycles. The highest BCUT2D eigenvalue weighted by Crippen LogP contribution is 2.33. The SMILES string of the molecule is C=CCNC(=O)c1c(OC)cc(OC)cc1OC. The average molecular weight is 251 g/mol. The molecular formula is C13H17NO4. The van der Waals surface area contributed by atoms with E-state index in [0.29, 0.717) is 29.4 Å². The lowest BCUT2D eigenvalue weighted by Gasteiger charge is -2.14. The summed E-state index contributed by atoms with van der Waals surface area (Å²) in [4.78, 5) is 12.0. The first kappa shape index (κ1) is 13.9. The van der Waals surface area contributed by atoms with Crippen molar-refractivity contribution in [3.05, 3.63) is 30.4 Å². The molecule has 0 atom stereocenters. The van der Waals surface area contributed by atoms with Gasteiger partial charge in [0.2, 0.25) is 0 Å². The zero-order chi connectivity index (χ0) is 13.5. The molecule has 1 aromatic rings. The number of carbonyl (C=O) groups excluding carboxylic acids is 1. The lowest BCUT2D eigenvalue weighted by Crippen LogP contribution is -2.24. The number of methoxy groups -OCH3 is 3. The predicted octanol–water partition coefficient (Wildman–Crippen LogP) is 1.63. The Bertz CT molecular complexity index is 418. The van der Waals surface area contributed by atoms with E-state index >= 15 is 0 Å². The minimum Gasteiger partial charge on any atom is -0.496 e. The van der Waals surface area contributed by atoms with E-state index in [9.17, 15) is 4.79 Å². The molecule has 0 saturated heterocycles. The highest BCUT2D eigenvalue weighted by Gasteiger charge is 2.19. The summed E-state index contributed by atoms with van der Waals surface area (Å²) in [6.45, 7) is 3.91. The second-order valence-electron chi connectivity index (χ2n) is 3.41. The lowest BCUT2D eigenvalue weighted by molar-refractivity contribution is 0.0951. The molecule has 0 heterocycles. The van der Waals surface area contributed by atoms with Crippen molar-refractivity contribution in [1.82, 2.24) is 5.32 Å². The molecule has 1 rings (SSSR count). The van der Waals surface area contributed by atoms with Gasteiger partial charge < -0.3 is 19.5 Å². The summed E-state index contributed by atoms with van der Waals surface area (Å²) in [5.74, 6) is 1.07. The third-order valence-corrected chi connectivity index (χ3v) is 2.35. The van der Waals surface area contributed by atoms with Crippen molar-refractivity contribution in [2.45, 2.75) is 0 Å². The Balaban J connectivity index is 3.21. The molecule has 0 spiro atoms. The van der Waals surface area contributed by atoms with Gasteiger partial charge in [0.1, 0.15) is 22.8 Å². The molecule has 0 fully saturated rings. The fourth-order valence-corrected chi connectivity index (χ4v) is 1.48. The molecule has 5 nitrogen and oxygen atoms in total. The Hall–Kier alpha value is -2.17. The summed E-state index contributed by atoms with van der Waals surface area (Å²) in [5, 5.41) is 2.68. The van der Waals surface area contributed by atoms with E-state index in [2.05, 4.69) is 11.9 Å². The van der Waals surface area contributed by atoms with E-state index < -0.39 is 0 Å². The molecule has 98 valence electrons. The van der Waals surface area contributed by atoms with Crippen LogP contribution in [0.2, 0.25) is 0 Å². The number of rotatable bonds is 6. The molecule has 0 radical (unpaired) electrons. The molecule has 0 saturated carbocycles. The molecule has 18 heavy (non-hydrogen) atoms. The molecule has 0 aliphatic carbocycles. The predicted molar refractivity (Wildman–Crippen MR) is 68.6 cm³/mol. The first-order chi connectivity index (χ1) is 8.67. The van der Waals surface area contributed by atoms with Gasteiger partial charge in [-0.3, -0.25) is 4.79 Å². The first-order valence-electron chi connectivity index (χ1n) is 5.37. The summed E-state index contributed by atoms with van der Waals surface area (Å²) in [7, 11) is 4.50. The normalized spacial score (nSPS) is 9.50. The first-order valence-corrected chi connectivity index (χ1v) is 5.37. The van der Waals surface area contributed by atoms with E-state index in [0.717, 1.165) is 0 Å². The minimum atomic E-state index is -0.286. The van der Waals surface area contributed by atoms with Crippen LogP contribution in [-0.2, 0) is 0 Å². The fraction of sp³-hybridized carbons (Fsp3) is 0.308. The molecule has 0 bridgehead atoms. The Kier molecular flexibility index (Phi) is 5.05. The van der Waals surface area contributed by atoms with E-state index in [1.54, 1.807) is 18.2 Å². The van der Waals surface area contributed by atoms with Crippen LogP contribution in [0.3, 0.4) is 0 Å². The molecule has 1 amide bonds. The highest BCUT2D eigenvalue weighted by atomic mass is 16.5. The topological polar surface area (TPSA) is 56.8 Å². The van der Waals surface area contributed by atoms with E-state index in [1.807, 2.05) is 0 Å². The van der Waals surface area contributed by atoms with Crippen LogP contribution in [0.5, 0.6) is 17.2 Å². The second-order valence-corrected chi connectivity index (χ2v) is 3.41. The summed E-state index contributed by atoms with van der Waals surface area (Å²) in [5.41, 5.74) is 0.336. The zero-order valence-corrected chi connectivity index (χ0v) is 10.8. The number of hydrogen-bond acceptors (Lipinski definition) is 4. The maximum absolute atomic E-state index is 12.0. The third kappa shape index (κ3) is 2.94. The zero-order valence-electron chi connectivity index (χ0n) is 10.8. The molecule has 5 heteroatoms. The summed E-state index contributed by atoms with van der Waals surface area (Å²) < 4.78 is 15.5. The fourth-order valence-electron chi connectivity index (χ4n) is 1.48. The third-order valence-electron chi connectivity index (χ3n) is 2.35. The summed E-state index contributed by atoms with van der Waals surface area (Å²) in [6, 6.07) is 3.26. The van der Waals surface area contributed by atoms with Crippen LogP contribution in [0, 0.1) is 0 Å². The average Bonchev–Trinajstić information content (AvgIpc) is 2.42. The molecule has 0 unspecified atom stereocenters. The number of carbonyl (C=O) groups is 1. The van der Waals surface area contributed by atoms with Gasteiger partial charge in [-0.2, -0.15) is 0 Å². The van der Waals surface area contributed by atoms with Crippen molar-refractivity contribution in [2.24, 2.45) is 0 Å². The summed E-state index contributed by atoms with van der Waals surface area (Å²) in [6.07, 6.45) is 1.60. The van der Waals surface area contributed by atoms with Crippen LogP contribution < -0.4 is 19.5 Å². The number of nitrogens with one attached hydrogen (secondary N) is 1. The monoisotopic (exact) mass is 251 g/mol. The van der Waals surface area contributed by atoms with Gasteiger partial charge in [0, 0.05) is 18.7 Å². The quantitative estimate of drug-likeness (QED) is 0.781. The van der Waals surface area contributed by atoms with Crippen molar-refractivity contribution in [2.75, 3.05) is 27.9 Å². The molecule has 0 aliphatic heterocycles. The van der Waals surface area contributed by atoms with Gasteiger partial charge in [0.15, 0.2) is 0 Å². The standard InChI is InChI=1S/C13H17NO4/c1-5-6-14-13(15)12-10(17-3)7-9(16-2)8-11(12)18-4/h5,7-8H,1,6H2,2-4H3,(H,14,15). The number of hydrogen-bond donors (Lipinski definition) is 1. The second kappa shape index (κ2) is 6.54. The number of amides is 1. The van der Waals surface area contributed by atoms with Gasteiger partial charge in [-0.05, 0) is 0 Å². The molecule has 1 N–H and O–H groups in total.